The van der Waals surface area contributed by atoms with Crippen LogP contribution in [0, 0.1) is 6.92 Å². The second-order valence-electron chi connectivity index (χ2n) is 6.61. The fourth-order valence-corrected chi connectivity index (χ4v) is 2.85. The summed E-state index contributed by atoms with van der Waals surface area (Å²) in [6.45, 7) is 2.67. The first kappa shape index (κ1) is 19.3. The van der Waals surface area contributed by atoms with Crippen LogP contribution in [0.15, 0.2) is 73.2 Å². The highest BCUT2D eigenvalue weighted by Crippen LogP contribution is 2.18. The Morgan fingerprint density at radius 2 is 1.77 bits per heavy atom. The number of carbonyl (C=O) groups excluding carboxylic acids is 1. The second-order valence-corrected chi connectivity index (χ2v) is 6.61. The van der Waals surface area contributed by atoms with Crippen molar-refractivity contribution in [1.82, 2.24) is 19.7 Å². The molecule has 0 amide bonds. The summed E-state index contributed by atoms with van der Waals surface area (Å²) in [5.41, 5.74) is 3.26. The Morgan fingerprint density at radius 3 is 2.53 bits per heavy atom. The van der Waals surface area contributed by atoms with E-state index in [1.165, 1.54) is 0 Å². The van der Waals surface area contributed by atoms with Gasteiger partial charge >= 0.3 is 0 Å². The van der Waals surface area contributed by atoms with Crippen molar-refractivity contribution in [2.75, 3.05) is 0 Å². The van der Waals surface area contributed by atoms with Gasteiger partial charge in [0.1, 0.15) is 19.0 Å². The molecule has 0 saturated heterocycles. The zero-order valence-corrected chi connectivity index (χ0v) is 16.4. The van der Waals surface area contributed by atoms with Gasteiger partial charge in [0.05, 0.1) is 11.3 Å². The van der Waals surface area contributed by atoms with E-state index >= 15 is 0 Å². The molecule has 0 atom stereocenters. The predicted molar refractivity (Wildman–Crippen MR) is 111 cm³/mol. The van der Waals surface area contributed by atoms with Crippen molar-refractivity contribution >= 4 is 6.29 Å². The minimum atomic E-state index is 0.314. The standard InChI is InChI=1S/C23H20N4O3/c1-17-20(13-27(26-17)22-6-2-3-11-24-22)16-29-21-9-7-18(8-10-21)15-30-23-19(14-28)5-4-12-25-23/h2-14H,15-16H2,1H3. The molecular weight excluding hydrogens is 380 g/mol. The van der Waals surface area contributed by atoms with Crippen molar-refractivity contribution in [3.63, 3.8) is 0 Å². The van der Waals surface area contributed by atoms with Gasteiger partial charge < -0.3 is 9.47 Å². The first-order valence-corrected chi connectivity index (χ1v) is 9.44. The van der Waals surface area contributed by atoms with Gasteiger partial charge in [-0.1, -0.05) is 18.2 Å². The lowest BCUT2D eigenvalue weighted by Crippen LogP contribution is -2.00. The summed E-state index contributed by atoms with van der Waals surface area (Å²) in [6.07, 6.45) is 5.99. The van der Waals surface area contributed by atoms with Gasteiger partial charge in [-0.3, -0.25) is 4.79 Å². The van der Waals surface area contributed by atoms with Crippen LogP contribution >= 0.6 is 0 Å². The molecule has 150 valence electrons. The molecule has 0 saturated carbocycles. The van der Waals surface area contributed by atoms with Crippen LogP contribution in [0.5, 0.6) is 11.6 Å². The van der Waals surface area contributed by atoms with Gasteiger partial charge in [0.25, 0.3) is 0 Å². The molecule has 0 fully saturated rings. The maximum absolute atomic E-state index is 11.0. The molecular formula is C23H20N4O3. The van der Waals surface area contributed by atoms with E-state index < -0.39 is 0 Å². The fraction of sp³-hybridized carbons (Fsp3) is 0.130. The average Bonchev–Trinajstić information content (AvgIpc) is 3.18. The van der Waals surface area contributed by atoms with Gasteiger partial charge in [-0.25, -0.2) is 14.6 Å². The molecule has 7 heteroatoms. The molecule has 30 heavy (non-hydrogen) atoms. The summed E-state index contributed by atoms with van der Waals surface area (Å²) in [5, 5.41) is 4.50. The van der Waals surface area contributed by atoms with Gasteiger partial charge in [0.2, 0.25) is 5.88 Å². The number of rotatable bonds is 8. The van der Waals surface area contributed by atoms with Crippen LogP contribution in [0.2, 0.25) is 0 Å². The van der Waals surface area contributed by atoms with Gasteiger partial charge in [0, 0.05) is 24.2 Å². The van der Waals surface area contributed by atoms with E-state index in [0.717, 1.165) is 34.7 Å². The third kappa shape index (κ3) is 4.52. The zero-order chi connectivity index (χ0) is 20.8. The first-order chi connectivity index (χ1) is 14.7. The number of aromatic nitrogens is 4. The molecule has 0 aliphatic carbocycles. The molecule has 3 aromatic heterocycles. The molecule has 4 aromatic rings. The maximum atomic E-state index is 11.0. The average molecular weight is 400 g/mol. The van der Waals surface area contributed by atoms with E-state index in [1.54, 1.807) is 29.2 Å². The summed E-state index contributed by atoms with van der Waals surface area (Å²) < 4.78 is 13.3. The minimum absolute atomic E-state index is 0.314. The Morgan fingerprint density at radius 1 is 0.933 bits per heavy atom. The largest absolute Gasteiger partial charge is 0.489 e. The number of hydrogen-bond acceptors (Lipinski definition) is 6. The van der Waals surface area contributed by atoms with Crippen molar-refractivity contribution in [2.24, 2.45) is 0 Å². The highest BCUT2D eigenvalue weighted by Gasteiger charge is 2.08. The lowest BCUT2D eigenvalue weighted by molar-refractivity contribution is 0.111. The zero-order valence-electron chi connectivity index (χ0n) is 16.4. The van der Waals surface area contributed by atoms with Crippen LogP contribution in [0.25, 0.3) is 5.82 Å². The summed E-state index contributed by atoms with van der Waals surface area (Å²) in [5.74, 6) is 1.84. The van der Waals surface area contributed by atoms with Crippen molar-refractivity contribution in [2.45, 2.75) is 20.1 Å². The molecule has 0 unspecified atom stereocenters. The van der Waals surface area contributed by atoms with E-state index in [2.05, 4.69) is 15.1 Å². The third-order valence-electron chi connectivity index (χ3n) is 4.51. The Kier molecular flexibility index (Phi) is 5.80. The van der Waals surface area contributed by atoms with Crippen molar-refractivity contribution in [3.8, 4) is 17.4 Å². The minimum Gasteiger partial charge on any atom is -0.489 e. The summed E-state index contributed by atoms with van der Waals surface area (Å²) in [6, 6.07) is 16.7. The summed E-state index contributed by atoms with van der Waals surface area (Å²) >= 11 is 0. The van der Waals surface area contributed by atoms with E-state index in [0.29, 0.717) is 24.7 Å². The van der Waals surface area contributed by atoms with Crippen LogP contribution in [-0.2, 0) is 13.2 Å². The highest BCUT2D eigenvalue weighted by molar-refractivity contribution is 5.77. The molecule has 7 nitrogen and oxygen atoms in total. The Balaban J connectivity index is 1.35. The number of ether oxygens (including phenoxy) is 2. The Hall–Kier alpha value is -4.00. The van der Waals surface area contributed by atoms with Crippen molar-refractivity contribution in [3.05, 3.63) is 95.6 Å². The fourth-order valence-electron chi connectivity index (χ4n) is 2.85. The Labute approximate surface area is 173 Å². The van der Waals surface area contributed by atoms with Crippen LogP contribution in [0.4, 0.5) is 0 Å². The number of nitrogens with zero attached hydrogens (tertiary/aromatic N) is 4. The van der Waals surface area contributed by atoms with Crippen LogP contribution < -0.4 is 9.47 Å². The van der Waals surface area contributed by atoms with E-state index in [-0.39, 0.29) is 0 Å². The number of pyridine rings is 2. The number of aryl methyl sites for hydroxylation is 1. The SMILES string of the molecule is Cc1nn(-c2ccccn2)cc1COc1ccc(COc2ncccc2C=O)cc1. The molecule has 0 bridgehead atoms. The number of carbonyl (C=O) groups is 1. The quantitative estimate of drug-likeness (QED) is 0.417. The normalized spacial score (nSPS) is 10.6. The van der Waals surface area contributed by atoms with Crippen LogP contribution in [-0.4, -0.2) is 26.0 Å². The second kappa shape index (κ2) is 9.00. The number of aldehydes is 1. The first-order valence-electron chi connectivity index (χ1n) is 9.44. The summed E-state index contributed by atoms with van der Waals surface area (Å²) in [4.78, 5) is 19.4. The van der Waals surface area contributed by atoms with Gasteiger partial charge in [-0.2, -0.15) is 5.10 Å². The monoisotopic (exact) mass is 400 g/mol. The predicted octanol–water partition coefficient (Wildman–Crippen LogP) is 3.94. The molecule has 1 aromatic carbocycles. The maximum Gasteiger partial charge on any atom is 0.224 e. The van der Waals surface area contributed by atoms with E-state index in [4.69, 9.17) is 9.47 Å². The lowest BCUT2D eigenvalue weighted by Gasteiger charge is -2.09. The van der Waals surface area contributed by atoms with Crippen molar-refractivity contribution < 1.29 is 14.3 Å². The van der Waals surface area contributed by atoms with E-state index in [9.17, 15) is 4.79 Å². The number of benzene rings is 1. The molecule has 4 rings (SSSR count). The third-order valence-corrected chi connectivity index (χ3v) is 4.51. The van der Waals surface area contributed by atoms with Crippen molar-refractivity contribution in [1.29, 1.82) is 0 Å². The Bertz CT molecular complexity index is 1120. The highest BCUT2D eigenvalue weighted by atomic mass is 16.5. The smallest absolute Gasteiger partial charge is 0.224 e. The molecule has 0 N–H and O–H groups in total. The molecule has 0 radical (unpaired) electrons. The van der Waals surface area contributed by atoms with Gasteiger partial charge in [-0.15, -0.1) is 0 Å². The van der Waals surface area contributed by atoms with Crippen LogP contribution in [0.3, 0.4) is 0 Å². The molecule has 0 spiro atoms. The lowest BCUT2D eigenvalue weighted by atomic mass is 10.2. The van der Waals surface area contributed by atoms with Gasteiger partial charge in [0.15, 0.2) is 12.1 Å². The van der Waals surface area contributed by atoms with Gasteiger partial charge in [-0.05, 0) is 48.9 Å². The molecule has 0 aliphatic heterocycles. The van der Waals surface area contributed by atoms with E-state index in [1.807, 2.05) is 55.6 Å². The molecule has 3 heterocycles. The molecule has 0 aliphatic rings. The summed E-state index contributed by atoms with van der Waals surface area (Å²) in [7, 11) is 0. The van der Waals surface area contributed by atoms with Crippen LogP contribution in [0.1, 0.15) is 27.2 Å². The number of hydrogen-bond donors (Lipinski definition) is 0. The topological polar surface area (TPSA) is 79.1 Å².